The molecule has 0 aliphatic heterocycles. The van der Waals surface area contributed by atoms with E-state index in [0.717, 1.165) is 17.8 Å². The minimum Gasteiger partial charge on any atom is -0.387 e. The highest BCUT2D eigenvalue weighted by Crippen LogP contribution is 2.61. The number of nitro groups is 1. The number of hydrogen-bond donors (Lipinski definition) is 2. The van der Waals surface area contributed by atoms with Gasteiger partial charge in [-0.1, -0.05) is 12.1 Å². The van der Waals surface area contributed by atoms with Crippen LogP contribution in [0.25, 0.3) is 0 Å². The smallest absolute Gasteiger partial charge is 0.292 e. The molecular weight excluding hydrogens is 368 g/mol. The van der Waals surface area contributed by atoms with Gasteiger partial charge in [0, 0.05) is 18.3 Å². The Kier molecular flexibility index (Phi) is 5.03. The van der Waals surface area contributed by atoms with E-state index in [9.17, 15) is 20.2 Å². The molecule has 2 N–H and O–H groups in total. The van der Waals surface area contributed by atoms with Crippen LogP contribution in [0.2, 0.25) is 0 Å². The number of rotatable bonds is 6. The van der Waals surface area contributed by atoms with Crippen molar-refractivity contribution in [3.8, 4) is 6.07 Å². The van der Waals surface area contributed by atoms with Crippen LogP contribution >= 0.6 is 0 Å². The van der Waals surface area contributed by atoms with Gasteiger partial charge in [-0.2, -0.15) is 5.26 Å². The largest absolute Gasteiger partial charge is 0.387 e. The third kappa shape index (κ3) is 3.71. The Morgan fingerprint density at radius 3 is 2.38 bits per heavy atom. The van der Waals surface area contributed by atoms with Gasteiger partial charge in [-0.15, -0.1) is 0 Å². The molecule has 1 unspecified atom stereocenters. The maximum Gasteiger partial charge on any atom is 0.292 e. The minimum absolute atomic E-state index is 0.0813. The molecule has 0 aromatic heterocycles. The predicted molar refractivity (Wildman–Crippen MR) is 109 cm³/mol. The summed E-state index contributed by atoms with van der Waals surface area (Å²) in [6.45, 7) is 2.15. The van der Waals surface area contributed by atoms with Gasteiger partial charge in [0.2, 0.25) is 0 Å². The van der Waals surface area contributed by atoms with E-state index < -0.39 is 10.8 Å². The summed E-state index contributed by atoms with van der Waals surface area (Å²) in [5.74, 6) is 1.83. The van der Waals surface area contributed by atoms with Gasteiger partial charge in [-0.25, -0.2) is 0 Å². The average molecular weight is 394 g/mol. The highest BCUT2D eigenvalue weighted by molar-refractivity contribution is 6.07. The third-order valence-corrected chi connectivity index (χ3v) is 7.20. The Morgan fingerprint density at radius 2 is 1.83 bits per heavy atom. The molecule has 29 heavy (non-hydrogen) atoms. The van der Waals surface area contributed by atoms with Crippen molar-refractivity contribution in [1.82, 2.24) is 5.32 Å². The van der Waals surface area contributed by atoms with Gasteiger partial charge in [0.05, 0.1) is 4.92 Å². The van der Waals surface area contributed by atoms with Crippen LogP contribution in [0, 0.1) is 44.6 Å². The van der Waals surface area contributed by atoms with Crippen LogP contribution in [0.5, 0.6) is 0 Å². The van der Waals surface area contributed by atoms with E-state index >= 15 is 0 Å². The Labute approximate surface area is 170 Å². The van der Waals surface area contributed by atoms with E-state index in [4.69, 9.17) is 0 Å². The molecule has 0 radical (unpaired) electrons. The number of nitrogens with one attached hydrogen (secondary N) is 2. The van der Waals surface area contributed by atoms with E-state index in [1.54, 1.807) is 6.07 Å². The standard InChI is InChI=1S/C22H26N4O3/c1-14(22-9-15-6-16(10-22)8-17(7-15)11-22)24-13-18(12-23)21(27)25-19-4-2-3-5-20(19)26(28)29/h2-5,13-17,24H,6-11H2,1H3,(H,25,27)/b18-13-. The van der Waals surface area contributed by atoms with E-state index in [2.05, 4.69) is 17.6 Å². The molecule has 0 saturated heterocycles. The molecule has 1 atom stereocenters. The number of para-hydroxylation sites is 2. The van der Waals surface area contributed by atoms with Crippen molar-refractivity contribution in [1.29, 1.82) is 5.26 Å². The van der Waals surface area contributed by atoms with Gasteiger partial charge in [-0.3, -0.25) is 14.9 Å². The number of hydrogen-bond acceptors (Lipinski definition) is 5. The molecular formula is C22H26N4O3. The molecule has 0 spiro atoms. The van der Waals surface area contributed by atoms with Crippen LogP contribution in [0.1, 0.15) is 45.4 Å². The molecule has 4 bridgehead atoms. The number of amides is 1. The molecule has 152 valence electrons. The summed E-state index contributed by atoms with van der Waals surface area (Å²) in [7, 11) is 0. The zero-order valence-corrected chi connectivity index (χ0v) is 16.6. The lowest BCUT2D eigenvalue weighted by atomic mass is 9.48. The molecule has 0 heterocycles. The summed E-state index contributed by atoms with van der Waals surface area (Å²) in [5, 5.41) is 26.4. The van der Waals surface area contributed by atoms with Crippen LogP contribution < -0.4 is 10.6 Å². The minimum atomic E-state index is -0.646. The monoisotopic (exact) mass is 394 g/mol. The highest BCUT2D eigenvalue weighted by atomic mass is 16.6. The zero-order chi connectivity index (χ0) is 20.6. The van der Waals surface area contributed by atoms with Gasteiger partial charge >= 0.3 is 0 Å². The average Bonchev–Trinajstić information content (AvgIpc) is 2.67. The third-order valence-electron chi connectivity index (χ3n) is 7.20. The number of nitro benzene ring substituents is 1. The Morgan fingerprint density at radius 1 is 1.24 bits per heavy atom. The van der Waals surface area contributed by atoms with Crippen molar-refractivity contribution in [2.75, 3.05) is 5.32 Å². The highest BCUT2D eigenvalue weighted by Gasteiger charge is 2.53. The summed E-state index contributed by atoms with van der Waals surface area (Å²) < 4.78 is 0. The van der Waals surface area contributed by atoms with Crippen molar-refractivity contribution in [2.45, 2.75) is 51.5 Å². The topological polar surface area (TPSA) is 108 Å². The van der Waals surface area contributed by atoms with Gasteiger partial charge < -0.3 is 10.6 Å². The number of benzene rings is 1. The van der Waals surface area contributed by atoms with E-state index in [1.165, 1.54) is 62.9 Å². The molecule has 4 saturated carbocycles. The molecule has 7 heteroatoms. The summed E-state index contributed by atoms with van der Waals surface area (Å²) in [4.78, 5) is 23.1. The first-order chi connectivity index (χ1) is 13.9. The summed E-state index contributed by atoms with van der Waals surface area (Å²) in [5.41, 5.74) is 0.0473. The second kappa shape index (κ2) is 7.51. The molecule has 7 nitrogen and oxygen atoms in total. The SMILES string of the molecule is CC(N/C=C(/C#N)C(=O)Nc1ccccc1[N+](=O)[O-])C12CC3CC(CC(C3)C1)C2. The normalized spacial score (nSPS) is 31.0. The second-order valence-corrected chi connectivity index (χ2v) is 9.07. The summed E-state index contributed by atoms with van der Waals surface area (Å²) >= 11 is 0. The fraction of sp³-hybridized carbons (Fsp3) is 0.545. The van der Waals surface area contributed by atoms with E-state index in [-0.39, 0.29) is 28.4 Å². The molecule has 4 fully saturated rings. The first kappa shape index (κ1) is 19.4. The van der Waals surface area contributed by atoms with E-state index in [1.807, 2.05) is 6.07 Å². The maximum atomic E-state index is 12.5. The first-order valence-electron chi connectivity index (χ1n) is 10.3. The fourth-order valence-electron chi connectivity index (χ4n) is 6.17. The van der Waals surface area contributed by atoms with Crippen LogP contribution in [0.3, 0.4) is 0 Å². The Bertz CT molecular complexity index is 866. The maximum absolute atomic E-state index is 12.5. The number of nitrogens with zero attached hydrogens (tertiary/aromatic N) is 2. The van der Waals surface area contributed by atoms with Gasteiger partial charge in [0.25, 0.3) is 11.6 Å². The molecule has 4 aliphatic carbocycles. The van der Waals surface area contributed by atoms with Crippen molar-refractivity contribution in [3.05, 3.63) is 46.2 Å². The number of carbonyl (C=O) groups excluding carboxylic acids is 1. The Hall–Kier alpha value is -2.88. The van der Waals surface area contributed by atoms with Crippen molar-refractivity contribution >= 4 is 17.3 Å². The fourth-order valence-corrected chi connectivity index (χ4v) is 6.17. The summed E-state index contributed by atoms with van der Waals surface area (Å²) in [6, 6.07) is 8.00. The lowest BCUT2D eigenvalue weighted by molar-refractivity contribution is -0.383. The number of carbonyl (C=O) groups is 1. The lowest BCUT2D eigenvalue weighted by Crippen LogP contribution is -2.54. The second-order valence-electron chi connectivity index (χ2n) is 9.07. The lowest BCUT2D eigenvalue weighted by Gasteiger charge is -2.59. The first-order valence-corrected chi connectivity index (χ1v) is 10.3. The van der Waals surface area contributed by atoms with Crippen LogP contribution in [-0.2, 0) is 4.79 Å². The zero-order valence-electron chi connectivity index (χ0n) is 16.6. The van der Waals surface area contributed by atoms with Crippen molar-refractivity contribution in [3.63, 3.8) is 0 Å². The van der Waals surface area contributed by atoms with Crippen LogP contribution in [0.4, 0.5) is 11.4 Å². The molecule has 1 amide bonds. The predicted octanol–water partition coefficient (Wildman–Crippen LogP) is 4.14. The number of anilines is 1. The molecule has 5 rings (SSSR count). The van der Waals surface area contributed by atoms with Gasteiger partial charge in [0.15, 0.2) is 0 Å². The van der Waals surface area contributed by atoms with Crippen molar-refractivity contribution in [2.24, 2.45) is 23.2 Å². The number of nitriles is 1. The van der Waals surface area contributed by atoms with Gasteiger partial charge in [0.1, 0.15) is 17.3 Å². The Balaban J connectivity index is 1.45. The van der Waals surface area contributed by atoms with Crippen LogP contribution in [0.15, 0.2) is 36.0 Å². The van der Waals surface area contributed by atoms with Crippen molar-refractivity contribution < 1.29 is 9.72 Å². The van der Waals surface area contributed by atoms with Gasteiger partial charge in [-0.05, 0) is 74.7 Å². The summed E-state index contributed by atoms with van der Waals surface area (Å²) in [6.07, 6.45) is 9.26. The molecule has 1 aromatic rings. The molecule has 4 aliphatic rings. The molecule has 1 aromatic carbocycles. The quantitative estimate of drug-likeness (QED) is 0.326. The van der Waals surface area contributed by atoms with E-state index in [0.29, 0.717) is 0 Å². The van der Waals surface area contributed by atoms with Crippen LogP contribution in [-0.4, -0.2) is 16.9 Å².